The minimum absolute atomic E-state index is 0.471. The largest absolute Gasteiger partial charge is 0.324 e. The molecule has 4 N–H and O–H groups in total. The number of thiocarbonyl (C=S) groups is 2. The van der Waals surface area contributed by atoms with Crippen LogP contribution in [0.3, 0.4) is 0 Å². The van der Waals surface area contributed by atoms with E-state index in [2.05, 4.69) is 20.3 Å². The highest BCUT2D eigenvalue weighted by Gasteiger charge is 2.28. The van der Waals surface area contributed by atoms with E-state index in [0.29, 0.717) is 33.0 Å². The molecule has 0 aliphatic carbocycles. The molecule has 1 fully saturated rings. The molecule has 10 heteroatoms. The molecular weight excluding hydrogens is 440 g/mol. The van der Waals surface area contributed by atoms with Crippen molar-refractivity contribution in [3.8, 4) is 0 Å². The van der Waals surface area contributed by atoms with Crippen LogP contribution in [0.25, 0.3) is 0 Å². The number of aliphatic imine (C=N–C) groups is 2. The van der Waals surface area contributed by atoms with Crippen LogP contribution >= 0.6 is 24.4 Å². The maximum atomic E-state index is 5.55. The molecule has 0 saturated carbocycles. The van der Waals surface area contributed by atoms with Crippen LogP contribution in [0.1, 0.15) is 33.4 Å². The molecule has 32 heavy (non-hydrogen) atoms. The lowest BCUT2D eigenvalue weighted by Gasteiger charge is -1.99. The monoisotopic (exact) mass is 462 g/mol. The number of amidine groups is 2. The van der Waals surface area contributed by atoms with Gasteiger partial charge in [-0.05, 0) is 74.9 Å². The Morgan fingerprint density at radius 2 is 0.812 bits per heavy atom. The van der Waals surface area contributed by atoms with Gasteiger partial charge in [0.2, 0.25) is 0 Å². The molecule has 3 aromatic heterocycles. The van der Waals surface area contributed by atoms with Crippen LogP contribution in [-0.2, 0) is 0 Å². The molecule has 1 saturated heterocycles. The molecule has 3 aromatic rings. The molecule has 2 aliphatic rings. The topological polar surface area (TPSA) is 109 Å². The van der Waals surface area contributed by atoms with Crippen LogP contribution in [0, 0.1) is 41.5 Å². The summed E-state index contributed by atoms with van der Waals surface area (Å²) in [4.78, 5) is 30.1. The smallest absolute Gasteiger partial charge is 0.153 e. The third-order valence-corrected chi connectivity index (χ3v) is 7.22. The number of nitrogens with zero attached hydrogens (tertiary/aromatic N) is 4. The molecule has 8 nitrogen and oxygen atoms in total. The lowest BCUT2D eigenvalue weighted by Crippen LogP contribution is -2.22. The predicted octanol–water partition coefficient (Wildman–Crippen LogP) is 3.84. The second kappa shape index (κ2) is 7.14. The van der Waals surface area contributed by atoms with Crippen LogP contribution in [0.15, 0.2) is 20.0 Å². The first-order valence-electron chi connectivity index (χ1n) is 10.2. The van der Waals surface area contributed by atoms with Crippen LogP contribution in [0.2, 0.25) is 0 Å². The van der Waals surface area contributed by atoms with E-state index in [9.17, 15) is 0 Å². The molecule has 162 valence electrons. The van der Waals surface area contributed by atoms with Crippen LogP contribution < -0.4 is 16.3 Å². The van der Waals surface area contributed by atoms with Crippen molar-refractivity contribution in [1.29, 1.82) is 0 Å². The summed E-state index contributed by atoms with van der Waals surface area (Å²) in [7, 11) is 0. The number of aromatic amines is 3. The molecule has 0 radical (unpaired) electrons. The van der Waals surface area contributed by atoms with E-state index >= 15 is 0 Å². The molecule has 0 spiro atoms. The van der Waals surface area contributed by atoms with Gasteiger partial charge in [0.25, 0.3) is 0 Å². The van der Waals surface area contributed by atoms with Gasteiger partial charge in [0.1, 0.15) is 44.0 Å². The number of hydrogen-bond donors (Lipinski definition) is 4. The van der Waals surface area contributed by atoms with Gasteiger partial charge < -0.3 is 20.3 Å². The minimum Gasteiger partial charge on any atom is -0.324 e. The van der Waals surface area contributed by atoms with E-state index in [4.69, 9.17) is 44.4 Å². The number of fused-ring (bicyclic) bond motifs is 8. The fourth-order valence-corrected chi connectivity index (χ4v) is 4.07. The average molecular weight is 463 g/mol. The molecular formula is C22H22N8S2. The van der Waals surface area contributed by atoms with Gasteiger partial charge in [-0.1, -0.05) is 24.4 Å². The lowest BCUT2D eigenvalue weighted by atomic mass is 10.2. The quantitative estimate of drug-likeness (QED) is 0.381. The van der Waals surface area contributed by atoms with Crippen molar-refractivity contribution in [2.24, 2.45) is 20.0 Å². The van der Waals surface area contributed by atoms with Crippen LogP contribution in [0.5, 0.6) is 0 Å². The summed E-state index contributed by atoms with van der Waals surface area (Å²) in [5, 5.41) is 3.19. The van der Waals surface area contributed by atoms with E-state index in [1.165, 1.54) is 0 Å². The van der Waals surface area contributed by atoms with Crippen LogP contribution in [0.4, 0.5) is 23.3 Å². The highest BCUT2D eigenvalue weighted by Crippen LogP contribution is 2.31. The second-order valence-corrected chi connectivity index (χ2v) is 8.96. The third kappa shape index (κ3) is 3.01. The summed E-state index contributed by atoms with van der Waals surface area (Å²) in [6.07, 6.45) is 0. The fourth-order valence-electron chi connectivity index (χ4n) is 3.68. The SMILES string of the molecule is Cc1c2[nH]c(c1C)N=c1[nH]c(c(C)c1C)=Nc1[nH]c(c(C)c1C)N=C1NC(=N2)C(=S)C1=S. The van der Waals surface area contributed by atoms with Gasteiger partial charge in [-0.2, -0.15) is 0 Å². The van der Waals surface area contributed by atoms with Gasteiger partial charge in [0, 0.05) is 0 Å². The minimum atomic E-state index is 0.471. The Hall–Kier alpha value is -3.24. The number of hydrogen-bond acceptors (Lipinski definition) is 7. The van der Waals surface area contributed by atoms with Gasteiger partial charge in [-0.3, -0.25) is 0 Å². The van der Waals surface area contributed by atoms with Gasteiger partial charge in [-0.25, -0.2) is 20.0 Å². The van der Waals surface area contributed by atoms with E-state index in [-0.39, 0.29) is 0 Å². The maximum Gasteiger partial charge on any atom is 0.153 e. The number of nitrogens with one attached hydrogen (secondary N) is 4. The Labute approximate surface area is 195 Å². The first-order valence-corrected chi connectivity index (χ1v) is 11.0. The number of aromatic nitrogens is 3. The molecule has 0 unspecified atom stereocenters. The molecule has 8 bridgehead atoms. The zero-order chi connectivity index (χ0) is 22.9. The molecule has 2 aliphatic heterocycles. The van der Waals surface area contributed by atoms with E-state index in [1.807, 2.05) is 41.5 Å². The Balaban J connectivity index is 1.87. The Bertz CT molecular complexity index is 1430. The van der Waals surface area contributed by atoms with E-state index in [1.54, 1.807) is 0 Å². The molecule has 0 amide bonds. The predicted molar refractivity (Wildman–Crippen MR) is 135 cm³/mol. The van der Waals surface area contributed by atoms with E-state index in [0.717, 1.165) is 56.0 Å². The third-order valence-electron chi connectivity index (χ3n) is 6.30. The van der Waals surface area contributed by atoms with Crippen molar-refractivity contribution >= 4 is 69.1 Å². The number of H-pyrrole nitrogens is 3. The summed E-state index contributed by atoms with van der Waals surface area (Å²) in [6, 6.07) is 0. The standard InChI is InChI=1S/C22H22N8S2/c1-7-8(2)16-23-15(7)24-17-9(3)11(5)19(26-17)28-21-13(31)14(32)22(30-21)29-20-12(6)10(4)18(25-16)27-20/h26-27H,1-6H3,(H,23,24,25)(H,28,29,30). The molecule has 5 rings (SSSR count). The zero-order valence-electron chi connectivity index (χ0n) is 18.6. The summed E-state index contributed by atoms with van der Waals surface area (Å²) >= 11 is 11.1. The summed E-state index contributed by atoms with van der Waals surface area (Å²) < 4.78 is 0. The van der Waals surface area contributed by atoms with Gasteiger partial charge in [0.15, 0.2) is 11.7 Å². The highest BCUT2D eigenvalue weighted by atomic mass is 32.1. The number of rotatable bonds is 0. The highest BCUT2D eigenvalue weighted by molar-refractivity contribution is 7.92. The normalized spacial score (nSPS) is 15.2. The van der Waals surface area contributed by atoms with Gasteiger partial charge >= 0.3 is 0 Å². The molecule has 5 heterocycles. The first kappa shape index (κ1) is 20.7. The van der Waals surface area contributed by atoms with Crippen molar-refractivity contribution in [3.05, 3.63) is 44.4 Å². The van der Waals surface area contributed by atoms with Crippen molar-refractivity contribution < 1.29 is 0 Å². The van der Waals surface area contributed by atoms with Crippen molar-refractivity contribution in [3.63, 3.8) is 0 Å². The first-order chi connectivity index (χ1) is 15.2. The zero-order valence-corrected chi connectivity index (χ0v) is 20.2. The fraction of sp³-hybridized carbons (Fsp3) is 0.273. The van der Waals surface area contributed by atoms with Crippen molar-refractivity contribution in [2.75, 3.05) is 0 Å². The second-order valence-electron chi connectivity index (χ2n) is 8.14. The van der Waals surface area contributed by atoms with Gasteiger partial charge in [-0.15, -0.1) is 0 Å². The molecule has 0 atom stereocenters. The van der Waals surface area contributed by atoms with Crippen LogP contribution in [-0.4, -0.2) is 36.4 Å². The Kier molecular flexibility index (Phi) is 4.61. The molecule has 0 aromatic carbocycles. The summed E-state index contributed by atoms with van der Waals surface area (Å²) in [5.41, 5.74) is 7.61. The van der Waals surface area contributed by atoms with Crippen molar-refractivity contribution in [2.45, 2.75) is 41.5 Å². The Morgan fingerprint density at radius 3 is 1.19 bits per heavy atom. The van der Waals surface area contributed by atoms with Gasteiger partial charge in [0.05, 0.1) is 0 Å². The van der Waals surface area contributed by atoms with Crippen molar-refractivity contribution in [1.82, 2.24) is 20.3 Å². The Morgan fingerprint density at radius 1 is 0.469 bits per heavy atom. The van der Waals surface area contributed by atoms with E-state index < -0.39 is 0 Å². The maximum absolute atomic E-state index is 5.55. The summed E-state index contributed by atoms with van der Waals surface area (Å²) in [5.74, 6) is 3.85. The lowest BCUT2D eigenvalue weighted by molar-refractivity contribution is 1.07. The average Bonchev–Trinajstić information content (AvgIpc) is 3.37. The summed E-state index contributed by atoms with van der Waals surface area (Å²) in [6.45, 7) is 12.1.